The summed E-state index contributed by atoms with van der Waals surface area (Å²) in [6, 6.07) is 18.1. The zero-order chi connectivity index (χ0) is 21.5. The van der Waals surface area contributed by atoms with Crippen LogP contribution in [-0.4, -0.2) is 23.5 Å². The van der Waals surface area contributed by atoms with Crippen LogP contribution in [0, 0.1) is 0 Å². The van der Waals surface area contributed by atoms with Gasteiger partial charge in [-0.2, -0.15) is 0 Å². The molecule has 2 amide bonds. The molecule has 0 fully saturated rings. The minimum Gasteiger partial charge on any atom is -0.497 e. The quantitative estimate of drug-likeness (QED) is 0.608. The van der Waals surface area contributed by atoms with Crippen LogP contribution in [0.25, 0.3) is 0 Å². The molecule has 0 spiro atoms. The predicted molar refractivity (Wildman–Crippen MR) is 115 cm³/mol. The summed E-state index contributed by atoms with van der Waals surface area (Å²) >= 11 is 5.95. The molecule has 1 heterocycles. The molecule has 2 N–H and O–H groups in total. The number of nitrogens with zero attached hydrogens (tertiary/aromatic N) is 1. The van der Waals surface area contributed by atoms with E-state index in [9.17, 15) is 14.4 Å². The summed E-state index contributed by atoms with van der Waals surface area (Å²) in [6.07, 6.45) is 0. The van der Waals surface area contributed by atoms with Gasteiger partial charge in [-0.15, -0.1) is 0 Å². The van der Waals surface area contributed by atoms with E-state index in [0.717, 1.165) is 10.1 Å². The van der Waals surface area contributed by atoms with E-state index in [1.165, 1.54) is 18.2 Å². The maximum atomic E-state index is 12.6. The van der Waals surface area contributed by atoms with E-state index in [4.69, 9.17) is 16.3 Å². The summed E-state index contributed by atoms with van der Waals surface area (Å²) in [7, 11) is 1.55. The minimum atomic E-state index is -0.468. The van der Waals surface area contributed by atoms with E-state index in [1.54, 1.807) is 49.6 Å². The Labute approximate surface area is 178 Å². The van der Waals surface area contributed by atoms with Crippen LogP contribution < -0.4 is 20.9 Å². The molecule has 8 heteroatoms. The highest BCUT2D eigenvalue weighted by Gasteiger charge is 2.15. The normalized spacial score (nSPS) is 10.3. The molecule has 0 aliphatic carbocycles. The van der Waals surface area contributed by atoms with E-state index in [2.05, 4.69) is 10.6 Å². The molecule has 0 aliphatic heterocycles. The molecular formula is C22H20ClN3O4. The number of hydrogen-bond acceptors (Lipinski definition) is 4. The van der Waals surface area contributed by atoms with Crippen LogP contribution in [0.3, 0.4) is 0 Å². The van der Waals surface area contributed by atoms with Crippen molar-refractivity contribution in [1.82, 2.24) is 9.88 Å². The number of hydrogen-bond donors (Lipinski definition) is 2. The fraction of sp³-hybridized carbons (Fsp3) is 0.136. The van der Waals surface area contributed by atoms with Crippen LogP contribution in [0.5, 0.6) is 5.75 Å². The zero-order valence-electron chi connectivity index (χ0n) is 16.2. The fourth-order valence-corrected chi connectivity index (χ4v) is 3.03. The first kappa shape index (κ1) is 21.1. The van der Waals surface area contributed by atoms with Crippen LogP contribution in [-0.2, 0) is 17.9 Å². The van der Waals surface area contributed by atoms with Gasteiger partial charge in [-0.25, -0.2) is 0 Å². The largest absolute Gasteiger partial charge is 0.497 e. The van der Waals surface area contributed by atoms with Crippen LogP contribution >= 0.6 is 11.6 Å². The molecule has 0 bridgehead atoms. The van der Waals surface area contributed by atoms with Crippen molar-refractivity contribution in [3.8, 4) is 5.75 Å². The summed E-state index contributed by atoms with van der Waals surface area (Å²) in [5.41, 5.74) is 1.01. The molecular weight excluding hydrogens is 406 g/mol. The van der Waals surface area contributed by atoms with Crippen molar-refractivity contribution in [3.05, 3.63) is 93.4 Å². The highest BCUT2D eigenvalue weighted by atomic mass is 35.5. The number of anilines is 1. The molecule has 0 unspecified atom stereocenters. The van der Waals surface area contributed by atoms with Crippen molar-refractivity contribution in [2.24, 2.45) is 0 Å². The molecule has 154 valence electrons. The number of methoxy groups -OCH3 is 1. The minimum absolute atomic E-state index is 0.0920. The number of pyridine rings is 1. The van der Waals surface area contributed by atoms with Crippen LogP contribution in [0.4, 0.5) is 5.69 Å². The Bertz CT molecular complexity index is 1110. The van der Waals surface area contributed by atoms with Gasteiger partial charge in [0, 0.05) is 23.3 Å². The second kappa shape index (κ2) is 9.76. The fourth-order valence-electron chi connectivity index (χ4n) is 2.82. The average molecular weight is 426 g/mol. The number of benzene rings is 2. The Morgan fingerprint density at radius 2 is 1.77 bits per heavy atom. The maximum Gasteiger partial charge on any atom is 0.268 e. The number of ether oxygens (including phenoxy) is 1. The van der Waals surface area contributed by atoms with Gasteiger partial charge in [0.05, 0.1) is 7.11 Å². The lowest BCUT2D eigenvalue weighted by Gasteiger charge is -2.13. The molecule has 0 saturated heterocycles. The highest BCUT2D eigenvalue weighted by molar-refractivity contribution is 6.30. The second-order valence-corrected chi connectivity index (χ2v) is 6.86. The summed E-state index contributed by atoms with van der Waals surface area (Å²) < 4.78 is 6.21. The number of aromatic nitrogens is 1. The Kier molecular flexibility index (Phi) is 6.87. The molecule has 3 aromatic rings. The second-order valence-electron chi connectivity index (χ2n) is 6.42. The van der Waals surface area contributed by atoms with Crippen molar-refractivity contribution >= 4 is 29.1 Å². The van der Waals surface area contributed by atoms with E-state index in [0.29, 0.717) is 16.5 Å². The first-order valence-corrected chi connectivity index (χ1v) is 9.50. The lowest BCUT2D eigenvalue weighted by Crippen LogP contribution is -2.34. The molecule has 3 rings (SSSR count). The molecule has 0 aliphatic rings. The van der Waals surface area contributed by atoms with Gasteiger partial charge in [-0.3, -0.25) is 19.0 Å². The Balaban J connectivity index is 1.71. The van der Waals surface area contributed by atoms with Gasteiger partial charge in [0.2, 0.25) is 5.91 Å². The van der Waals surface area contributed by atoms with Gasteiger partial charge >= 0.3 is 0 Å². The van der Waals surface area contributed by atoms with E-state index < -0.39 is 17.4 Å². The van der Waals surface area contributed by atoms with Gasteiger partial charge in [-0.1, -0.05) is 29.8 Å². The summed E-state index contributed by atoms with van der Waals surface area (Å²) in [4.78, 5) is 37.4. The lowest BCUT2D eigenvalue weighted by atomic mass is 10.2. The van der Waals surface area contributed by atoms with E-state index in [1.807, 2.05) is 6.07 Å². The smallest absolute Gasteiger partial charge is 0.268 e. The monoisotopic (exact) mass is 425 g/mol. The van der Waals surface area contributed by atoms with Crippen molar-refractivity contribution in [2.45, 2.75) is 13.1 Å². The van der Waals surface area contributed by atoms with Gasteiger partial charge in [0.1, 0.15) is 18.0 Å². The third-order valence-corrected chi connectivity index (χ3v) is 4.54. The van der Waals surface area contributed by atoms with Crippen LogP contribution in [0.15, 0.2) is 71.5 Å². The number of nitrogens with one attached hydrogen (secondary N) is 2. The van der Waals surface area contributed by atoms with Gasteiger partial charge in [0.25, 0.3) is 11.5 Å². The van der Waals surface area contributed by atoms with Crippen molar-refractivity contribution in [3.63, 3.8) is 0 Å². The third-order valence-electron chi connectivity index (χ3n) is 4.30. The van der Waals surface area contributed by atoms with E-state index >= 15 is 0 Å². The standard InChI is InChI=1S/C22H20ClN3O4/c1-30-18-10-8-17(9-11-18)25-20(27)14-26-19(6-3-7-21(26)28)22(29)24-13-15-4-2-5-16(23)12-15/h2-12H,13-14H2,1H3,(H,24,29)(H,25,27). The number of halogens is 1. The molecule has 30 heavy (non-hydrogen) atoms. The first-order chi connectivity index (χ1) is 14.5. The van der Waals surface area contributed by atoms with Gasteiger partial charge < -0.3 is 15.4 Å². The molecule has 0 atom stereocenters. The van der Waals surface area contributed by atoms with Crippen molar-refractivity contribution in [2.75, 3.05) is 12.4 Å². The first-order valence-electron chi connectivity index (χ1n) is 9.12. The van der Waals surface area contributed by atoms with Gasteiger partial charge in [0.15, 0.2) is 0 Å². The topological polar surface area (TPSA) is 89.4 Å². The van der Waals surface area contributed by atoms with Gasteiger partial charge in [-0.05, 0) is 48.0 Å². The van der Waals surface area contributed by atoms with Crippen molar-refractivity contribution in [1.29, 1.82) is 0 Å². The molecule has 7 nitrogen and oxygen atoms in total. The SMILES string of the molecule is COc1ccc(NC(=O)Cn2c(C(=O)NCc3cccc(Cl)c3)cccc2=O)cc1. The number of carbonyl (C=O) groups excluding carboxylic acids is 2. The Morgan fingerprint density at radius 1 is 1.03 bits per heavy atom. The summed E-state index contributed by atoms with van der Waals surface area (Å²) in [5.74, 6) is -0.242. The Morgan fingerprint density at radius 3 is 2.47 bits per heavy atom. The number of carbonyl (C=O) groups is 2. The van der Waals surface area contributed by atoms with Crippen LogP contribution in [0.1, 0.15) is 16.1 Å². The lowest BCUT2D eigenvalue weighted by molar-refractivity contribution is -0.116. The predicted octanol–water partition coefficient (Wildman–Crippen LogP) is 3.08. The third kappa shape index (κ3) is 5.48. The van der Waals surface area contributed by atoms with Crippen LogP contribution in [0.2, 0.25) is 5.02 Å². The molecule has 0 saturated carbocycles. The average Bonchev–Trinajstić information content (AvgIpc) is 2.74. The maximum absolute atomic E-state index is 12.6. The zero-order valence-corrected chi connectivity index (χ0v) is 17.0. The highest BCUT2D eigenvalue weighted by Crippen LogP contribution is 2.15. The number of amides is 2. The van der Waals surface area contributed by atoms with Crippen molar-refractivity contribution < 1.29 is 14.3 Å². The number of rotatable bonds is 7. The Hall–Kier alpha value is -3.58. The van der Waals surface area contributed by atoms with E-state index in [-0.39, 0.29) is 18.8 Å². The molecule has 2 aromatic carbocycles. The summed E-state index contributed by atoms with van der Waals surface area (Å²) in [5, 5.41) is 6.00. The molecule has 1 aromatic heterocycles. The molecule has 0 radical (unpaired) electrons. The summed E-state index contributed by atoms with van der Waals surface area (Å²) in [6.45, 7) is -0.0633.